The SMILES string of the molecule is CC/C=C\C/C=C\C/C=C\C/C=C\CCCOCC(COC(=O)CCCCCCCCCCC/C=C\CCCCCCCC)OC(=O)CC/C=C\C/C=C\C/C=C\C/C=C\CC. The Morgan fingerprint density at radius 1 is 0.371 bits per heavy atom. The molecule has 0 N–H and O–H groups in total. The molecule has 0 amide bonds. The summed E-state index contributed by atoms with van der Waals surface area (Å²) in [5, 5.41) is 0. The van der Waals surface area contributed by atoms with Crippen LogP contribution in [0.25, 0.3) is 0 Å². The summed E-state index contributed by atoms with van der Waals surface area (Å²) in [5.41, 5.74) is 0. The van der Waals surface area contributed by atoms with Crippen molar-refractivity contribution in [3.63, 3.8) is 0 Å². The molecule has 62 heavy (non-hydrogen) atoms. The maximum absolute atomic E-state index is 12.7. The van der Waals surface area contributed by atoms with Crippen LogP contribution >= 0.6 is 0 Å². The van der Waals surface area contributed by atoms with Gasteiger partial charge in [-0.1, -0.05) is 207 Å². The predicted molar refractivity (Wildman–Crippen MR) is 269 cm³/mol. The van der Waals surface area contributed by atoms with Crippen LogP contribution in [-0.2, 0) is 23.8 Å². The zero-order chi connectivity index (χ0) is 44.9. The number of allylic oxidation sites excluding steroid dienone is 18. The van der Waals surface area contributed by atoms with Gasteiger partial charge in [-0.15, -0.1) is 0 Å². The van der Waals surface area contributed by atoms with Gasteiger partial charge in [-0.3, -0.25) is 9.59 Å². The van der Waals surface area contributed by atoms with E-state index in [1.54, 1.807) is 0 Å². The monoisotopic (exact) mass is 859 g/mol. The normalized spacial score (nSPS) is 13.1. The summed E-state index contributed by atoms with van der Waals surface area (Å²) in [6, 6.07) is 0. The second kappa shape index (κ2) is 51.9. The van der Waals surface area contributed by atoms with Crippen molar-refractivity contribution in [3.05, 3.63) is 109 Å². The van der Waals surface area contributed by atoms with Gasteiger partial charge in [0.15, 0.2) is 6.10 Å². The van der Waals surface area contributed by atoms with Gasteiger partial charge in [0.1, 0.15) is 6.61 Å². The highest BCUT2D eigenvalue weighted by Crippen LogP contribution is 2.13. The Hall–Kier alpha value is -3.44. The van der Waals surface area contributed by atoms with Crippen LogP contribution in [0.2, 0.25) is 0 Å². The average molecular weight is 859 g/mol. The molecule has 5 nitrogen and oxygen atoms in total. The van der Waals surface area contributed by atoms with Crippen molar-refractivity contribution in [1.29, 1.82) is 0 Å². The van der Waals surface area contributed by atoms with Gasteiger partial charge in [0.2, 0.25) is 0 Å². The first-order chi connectivity index (χ1) is 30.6. The summed E-state index contributed by atoms with van der Waals surface area (Å²) in [6.45, 7) is 7.37. The van der Waals surface area contributed by atoms with Crippen molar-refractivity contribution < 1.29 is 23.8 Å². The molecule has 0 saturated heterocycles. The van der Waals surface area contributed by atoms with Crippen LogP contribution < -0.4 is 0 Å². The van der Waals surface area contributed by atoms with E-state index in [-0.39, 0.29) is 31.6 Å². The minimum Gasteiger partial charge on any atom is -0.462 e. The van der Waals surface area contributed by atoms with Gasteiger partial charge in [0, 0.05) is 19.4 Å². The number of carbonyl (C=O) groups excluding carboxylic acids is 2. The molecule has 0 aliphatic carbocycles. The van der Waals surface area contributed by atoms with Gasteiger partial charge in [-0.2, -0.15) is 0 Å². The van der Waals surface area contributed by atoms with Gasteiger partial charge in [-0.25, -0.2) is 0 Å². The van der Waals surface area contributed by atoms with Gasteiger partial charge in [-0.05, 0) is 103 Å². The Labute approximate surface area is 383 Å². The van der Waals surface area contributed by atoms with Crippen LogP contribution in [0.4, 0.5) is 0 Å². The molecule has 0 aliphatic rings. The van der Waals surface area contributed by atoms with E-state index in [2.05, 4.69) is 124 Å². The van der Waals surface area contributed by atoms with Gasteiger partial charge >= 0.3 is 11.9 Å². The Balaban J connectivity index is 4.39. The Morgan fingerprint density at radius 3 is 1.24 bits per heavy atom. The lowest BCUT2D eigenvalue weighted by Gasteiger charge is -2.18. The van der Waals surface area contributed by atoms with E-state index in [9.17, 15) is 9.59 Å². The lowest BCUT2D eigenvalue weighted by Crippen LogP contribution is -2.30. The number of unbranched alkanes of at least 4 members (excludes halogenated alkanes) is 16. The molecule has 0 aromatic heterocycles. The smallest absolute Gasteiger partial charge is 0.306 e. The third-order valence-corrected chi connectivity index (χ3v) is 10.3. The van der Waals surface area contributed by atoms with Crippen molar-refractivity contribution in [1.82, 2.24) is 0 Å². The Kier molecular flexibility index (Phi) is 49.0. The topological polar surface area (TPSA) is 61.8 Å². The molecular formula is C57H94O5. The average Bonchev–Trinajstić information content (AvgIpc) is 3.27. The molecule has 5 heteroatoms. The molecule has 0 radical (unpaired) electrons. The number of hydrogen-bond donors (Lipinski definition) is 0. The van der Waals surface area contributed by atoms with Crippen LogP contribution in [0.1, 0.15) is 213 Å². The van der Waals surface area contributed by atoms with Crippen LogP contribution in [0, 0.1) is 0 Å². The molecule has 0 bridgehead atoms. The van der Waals surface area contributed by atoms with Gasteiger partial charge in [0.25, 0.3) is 0 Å². The van der Waals surface area contributed by atoms with Crippen LogP contribution in [0.3, 0.4) is 0 Å². The second-order valence-electron chi connectivity index (χ2n) is 16.3. The summed E-state index contributed by atoms with van der Waals surface area (Å²) in [6.07, 6.45) is 71.3. The minimum atomic E-state index is -0.609. The van der Waals surface area contributed by atoms with Crippen molar-refractivity contribution in [2.45, 2.75) is 219 Å². The van der Waals surface area contributed by atoms with Crippen LogP contribution in [0.5, 0.6) is 0 Å². The maximum Gasteiger partial charge on any atom is 0.306 e. The zero-order valence-corrected chi connectivity index (χ0v) is 40.3. The number of hydrogen-bond acceptors (Lipinski definition) is 5. The van der Waals surface area contributed by atoms with E-state index in [4.69, 9.17) is 14.2 Å². The highest BCUT2D eigenvalue weighted by molar-refractivity contribution is 5.70. The minimum absolute atomic E-state index is 0.0281. The number of rotatable bonds is 45. The van der Waals surface area contributed by atoms with Gasteiger partial charge < -0.3 is 14.2 Å². The lowest BCUT2D eigenvalue weighted by molar-refractivity contribution is -0.162. The zero-order valence-electron chi connectivity index (χ0n) is 40.3. The molecule has 1 atom stereocenters. The molecule has 0 aliphatic heterocycles. The molecule has 1 unspecified atom stereocenters. The fraction of sp³-hybridized carbons (Fsp3) is 0.649. The fourth-order valence-corrected chi connectivity index (χ4v) is 6.58. The van der Waals surface area contributed by atoms with Crippen LogP contribution in [-0.4, -0.2) is 37.9 Å². The molecular weight excluding hydrogens is 765 g/mol. The number of esters is 2. The van der Waals surface area contributed by atoms with Gasteiger partial charge in [0.05, 0.1) is 6.61 Å². The van der Waals surface area contributed by atoms with E-state index in [0.717, 1.165) is 83.5 Å². The van der Waals surface area contributed by atoms with E-state index in [1.807, 2.05) is 6.08 Å². The summed E-state index contributed by atoms with van der Waals surface area (Å²) in [7, 11) is 0. The summed E-state index contributed by atoms with van der Waals surface area (Å²) in [5.74, 6) is -0.529. The molecule has 0 rings (SSSR count). The molecule has 0 aromatic carbocycles. The maximum atomic E-state index is 12.7. The first-order valence-corrected chi connectivity index (χ1v) is 25.4. The summed E-state index contributed by atoms with van der Waals surface area (Å²) >= 11 is 0. The van der Waals surface area contributed by atoms with E-state index < -0.39 is 6.10 Å². The lowest BCUT2D eigenvalue weighted by atomic mass is 10.1. The molecule has 0 saturated carbocycles. The van der Waals surface area contributed by atoms with E-state index in [1.165, 1.54) is 89.9 Å². The van der Waals surface area contributed by atoms with Crippen molar-refractivity contribution in [2.24, 2.45) is 0 Å². The Bertz CT molecular complexity index is 1250. The molecule has 352 valence electrons. The predicted octanol–water partition coefficient (Wildman–Crippen LogP) is 17.2. The third-order valence-electron chi connectivity index (χ3n) is 10.3. The highest BCUT2D eigenvalue weighted by Gasteiger charge is 2.17. The summed E-state index contributed by atoms with van der Waals surface area (Å²) < 4.78 is 17.2. The van der Waals surface area contributed by atoms with E-state index in [0.29, 0.717) is 19.4 Å². The van der Waals surface area contributed by atoms with Crippen molar-refractivity contribution in [3.8, 4) is 0 Å². The van der Waals surface area contributed by atoms with Crippen molar-refractivity contribution in [2.75, 3.05) is 19.8 Å². The molecule has 0 spiro atoms. The molecule has 0 heterocycles. The first kappa shape index (κ1) is 58.6. The number of ether oxygens (including phenoxy) is 3. The molecule has 0 fully saturated rings. The standard InChI is InChI=1S/C57H94O5/c1-4-7-10-13-16-19-22-25-27-28-29-30-31-33-35-38-41-44-47-50-56(58)61-54-55(53-60-52-49-46-43-40-37-34-26-23-20-17-14-11-8-5-2)62-57(59)51-48-45-42-39-36-32-24-21-18-15-12-9-6-3/h8-9,11-12,17-18,20-21,25-27,32,34,36,40,42-43,45,55H,4-7,10,13-16,19,22-24,28-31,33,35,37-39,41,44,46-54H2,1-3H3/b11-8-,12-9-,20-17-,21-18-,27-25-,34-26-,36-32-,43-40-,45-42-. The van der Waals surface area contributed by atoms with Crippen LogP contribution in [0.15, 0.2) is 109 Å². The van der Waals surface area contributed by atoms with E-state index >= 15 is 0 Å². The second-order valence-corrected chi connectivity index (χ2v) is 16.3. The fourth-order valence-electron chi connectivity index (χ4n) is 6.58. The third kappa shape index (κ3) is 49.2. The molecule has 0 aromatic rings. The van der Waals surface area contributed by atoms with Crippen molar-refractivity contribution >= 4 is 11.9 Å². The highest BCUT2D eigenvalue weighted by atomic mass is 16.6. The number of carbonyl (C=O) groups is 2. The first-order valence-electron chi connectivity index (χ1n) is 25.4. The largest absolute Gasteiger partial charge is 0.462 e. The quantitative estimate of drug-likeness (QED) is 0.0347. The summed E-state index contributed by atoms with van der Waals surface area (Å²) in [4.78, 5) is 25.3. The Morgan fingerprint density at radius 2 is 0.758 bits per heavy atom.